The van der Waals surface area contributed by atoms with E-state index in [1.54, 1.807) is 13.8 Å². The Morgan fingerprint density at radius 3 is 2.22 bits per heavy atom. The van der Waals surface area contributed by atoms with E-state index < -0.39 is 17.3 Å². The molecule has 0 aliphatic rings. The first-order chi connectivity index (χ1) is 8.33. The molecule has 1 unspecified atom stereocenters. The van der Waals surface area contributed by atoms with E-state index in [0.717, 1.165) is 0 Å². The van der Waals surface area contributed by atoms with Gasteiger partial charge in [-0.3, -0.25) is 4.79 Å². The van der Waals surface area contributed by atoms with Gasteiger partial charge in [-0.25, -0.2) is 9.18 Å². The Hall–Kier alpha value is -1.91. The summed E-state index contributed by atoms with van der Waals surface area (Å²) in [5, 5.41) is 9.41. The number of benzene rings is 1. The number of aliphatic carboxylic acids is 1. The molecule has 1 aromatic rings. The van der Waals surface area contributed by atoms with Crippen molar-refractivity contribution < 1.29 is 19.1 Å². The lowest BCUT2D eigenvalue weighted by Crippen LogP contribution is -2.52. The molecule has 0 bridgehead atoms. The molecule has 1 amide bonds. The minimum absolute atomic E-state index is 0.284. The number of carbonyl (C=O) groups excluding carboxylic acids is 1. The van der Waals surface area contributed by atoms with E-state index in [-0.39, 0.29) is 6.04 Å². The second-order valence-corrected chi connectivity index (χ2v) is 4.49. The van der Waals surface area contributed by atoms with Gasteiger partial charge in [0.1, 0.15) is 5.82 Å². The molecule has 0 saturated heterocycles. The number of nitrogens with zero attached hydrogens (tertiary/aromatic N) is 1. The van der Waals surface area contributed by atoms with Gasteiger partial charge in [-0.05, 0) is 38.5 Å². The van der Waals surface area contributed by atoms with Gasteiger partial charge in [-0.1, -0.05) is 12.1 Å². The molecule has 5 heteroatoms. The first-order valence-electron chi connectivity index (χ1n) is 5.57. The van der Waals surface area contributed by atoms with Crippen LogP contribution in [0.4, 0.5) is 4.39 Å². The van der Waals surface area contributed by atoms with Crippen molar-refractivity contribution in [1.82, 2.24) is 4.90 Å². The van der Waals surface area contributed by atoms with E-state index in [9.17, 15) is 19.1 Å². The summed E-state index contributed by atoms with van der Waals surface area (Å²) in [5.74, 6) is -1.61. The second-order valence-electron chi connectivity index (χ2n) is 4.49. The van der Waals surface area contributed by atoms with Crippen LogP contribution in [0, 0.1) is 5.82 Å². The first kappa shape index (κ1) is 14.2. The van der Waals surface area contributed by atoms with Crippen LogP contribution in [0.15, 0.2) is 24.3 Å². The summed E-state index contributed by atoms with van der Waals surface area (Å²) in [7, 11) is 0. The van der Waals surface area contributed by atoms with Crippen LogP contribution in [0.1, 0.15) is 26.3 Å². The van der Waals surface area contributed by atoms with Gasteiger partial charge in [0.15, 0.2) is 5.54 Å². The molecule has 0 saturated carbocycles. The van der Waals surface area contributed by atoms with Crippen molar-refractivity contribution in [3.63, 3.8) is 0 Å². The molecule has 1 aromatic carbocycles. The monoisotopic (exact) mass is 253 g/mol. The molecule has 98 valence electrons. The highest BCUT2D eigenvalue weighted by molar-refractivity contribution is 5.83. The van der Waals surface area contributed by atoms with Crippen molar-refractivity contribution in [2.24, 2.45) is 0 Å². The van der Waals surface area contributed by atoms with Crippen molar-refractivity contribution in [1.29, 1.82) is 0 Å². The van der Waals surface area contributed by atoms with Gasteiger partial charge < -0.3 is 10.0 Å². The van der Waals surface area contributed by atoms with Gasteiger partial charge in [0.2, 0.25) is 6.41 Å². The first-order valence-corrected chi connectivity index (χ1v) is 5.57. The van der Waals surface area contributed by atoms with E-state index in [1.165, 1.54) is 36.1 Å². The van der Waals surface area contributed by atoms with Crippen molar-refractivity contribution in [3.8, 4) is 0 Å². The summed E-state index contributed by atoms with van der Waals surface area (Å²) in [6.07, 6.45) is 0.502. The molecule has 1 atom stereocenters. The Labute approximate surface area is 105 Å². The fourth-order valence-electron chi connectivity index (χ4n) is 1.90. The van der Waals surface area contributed by atoms with Gasteiger partial charge in [0.25, 0.3) is 0 Å². The molecule has 0 fully saturated rings. The average molecular weight is 253 g/mol. The predicted molar refractivity (Wildman–Crippen MR) is 64.4 cm³/mol. The summed E-state index contributed by atoms with van der Waals surface area (Å²) in [4.78, 5) is 23.8. The average Bonchev–Trinajstić information content (AvgIpc) is 2.29. The molecule has 1 rings (SSSR count). The smallest absolute Gasteiger partial charge is 0.334 e. The predicted octanol–water partition coefficient (Wildman–Crippen LogP) is 1.99. The van der Waals surface area contributed by atoms with Gasteiger partial charge >= 0.3 is 5.97 Å². The summed E-state index contributed by atoms with van der Waals surface area (Å²) in [6.45, 7) is 4.87. The quantitative estimate of drug-likeness (QED) is 0.816. The van der Waals surface area contributed by atoms with Crippen molar-refractivity contribution >= 4 is 12.4 Å². The van der Waals surface area contributed by atoms with Crippen LogP contribution in [-0.4, -0.2) is 28.4 Å². The summed E-state index contributed by atoms with van der Waals surface area (Å²) >= 11 is 0. The third-order valence-corrected chi connectivity index (χ3v) is 3.01. The molecule has 0 heterocycles. The highest BCUT2D eigenvalue weighted by atomic mass is 19.1. The number of carbonyl (C=O) groups is 2. The van der Waals surface area contributed by atoms with Crippen LogP contribution in [0.5, 0.6) is 0 Å². The minimum atomic E-state index is -1.51. The topological polar surface area (TPSA) is 57.6 Å². The molecule has 0 aromatic heterocycles. The maximum atomic E-state index is 12.9. The maximum absolute atomic E-state index is 12.9. The third kappa shape index (κ3) is 2.34. The van der Waals surface area contributed by atoms with Crippen LogP contribution >= 0.6 is 0 Å². The minimum Gasteiger partial charge on any atom is -0.479 e. The third-order valence-electron chi connectivity index (χ3n) is 3.01. The lowest BCUT2D eigenvalue weighted by molar-refractivity contribution is -0.156. The lowest BCUT2D eigenvalue weighted by Gasteiger charge is -2.38. The number of hydrogen-bond donors (Lipinski definition) is 1. The van der Waals surface area contributed by atoms with E-state index in [1.807, 2.05) is 0 Å². The number of carboxylic acids is 1. The van der Waals surface area contributed by atoms with Gasteiger partial charge in [-0.2, -0.15) is 0 Å². The highest BCUT2D eigenvalue weighted by Gasteiger charge is 2.42. The Morgan fingerprint density at radius 2 is 1.89 bits per heavy atom. The standard InChI is InChI=1S/C13H16FNO3/c1-9(2)15(8-16)13(3,12(17)18)10-4-6-11(14)7-5-10/h4-9H,1-3H3,(H,17,18). The molecule has 0 aliphatic heterocycles. The molecule has 0 radical (unpaired) electrons. The maximum Gasteiger partial charge on any atom is 0.334 e. The number of carboxylic acid groups (broad SMARTS) is 1. The Bertz CT molecular complexity index is 444. The van der Waals surface area contributed by atoms with Crippen LogP contribution < -0.4 is 0 Å². The molecule has 0 aliphatic carbocycles. The number of amides is 1. The summed E-state index contributed by atoms with van der Waals surface area (Å²) in [6, 6.07) is 4.83. The van der Waals surface area contributed by atoms with Gasteiger partial charge in [0, 0.05) is 6.04 Å². The number of rotatable bonds is 5. The van der Waals surface area contributed by atoms with E-state index in [0.29, 0.717) is 12.0 Å². The van der Waals surface area contributed by atoms with Gasteiger partial charge in [0.05, 0.1) is 0 Å². The number of hydrogen-bond acceptors (Lipinski definition) is 2. The molecule has 18 heavy (non-hydrogen) atoms. The lowest BCUT2D eigenvalue weighted by atomic mass is 9.89. The Balaban J connectivity index is 3.35. The Kier molecular flexibility index (Phi) is 4.06. The fourth-order valence-corrected chi connectivity index (χ4v) is 1.90. The molecule has 1 N–H and O–H groups in total. The largest absolute Gasteiger partial charge is 0.479 e. The summed E-state index contributed by atoms with van der Waals surface area (Å²) in [5.41, 5.74) is -1.15. The summed E-state index contributed by atoms with van der Waals surface area (Å²) < 4.78 is 12.9. The van der Waals surface area contributed by atoms with E-state index in [2.05, 4.69) is 0 Å². The Morgan fingerprint density at radius 1 is 1.39 bits per heavy atom. The molecule has 4 nitrogen and oxygen atoms in total. The zero-order chi connectivity index (χ0) is 13.9. The van der Waals surface area contributed by atoms with Crippen LogP contribution in [-0.2, 0) is 15.1 Å². The van der Waals surface area contributed by atoms with Gasteiger partial charge in [-0.15, -0.1) is 0 Å². The number of halogens is 1. The normalized spacial score (nSPS) is 14.1. The van der Waals surface area contributed by atoms with Crippen LogP contribution in [0.25, 0.3) is 0 Å². The molecular formula is C13H16FNO3. The van der Waals surface area contributed by atoms with Crippen molar-refractivity contribution in [2.45, 2.75) is 32.4 Å². The molecular weight excluding hydrogens is 237 g/mol. The van der Waals surface area contributed by atoms with Crippen LogP contribution in [0.2, 0.25) is 0 Å². The second kappa shape index (κ2) is 5.16. The van der Waals surface area contributed by atoms with Crippen molar-refractivity contribution in [3.05, 3.63) is 35.6 Å². The zero-order valence-electron chi connectivity index (χ0n) is 10.6. The van der Waals surface area contributed by atoms with E-state index >= 15 is 0 Å². The SMILES string of the molecule is CC(C)N(C=O)C(C)(C(=O)O)c1ccc(F)cc1. The highest BCUT2D eigenvalue weighted by Crippen LogP contribution is 2.29. The zero-order valence-corrected chi connectivity index (χ0v) is 10.6. The van der Waals surface area contributed by atoms with E-state index in [4.69, 9.17) is 0 Å². The van der Waals surface area contributed by atoms with Crippen LogP contribution in [0.3, 0.4) is 0 Å². The van der Waals surface area contributed by atoms with Crippen molar-refractivity contribution in [2.75, 3.05) is 0 Å². The molecule has 0 spiro atoms. The fraction of sp³-hybridized carbons (Fsp3) is 0.385.